The van der Waals surface area contributed by atoms with E-state index < -0.39 is 0 Å². The Morgan fingerprint density at radius 1 is 1.15 bits per heavy atom. The first kappa shape index (κ1) is 27.9. The van der Waals surface area contributed by atoms with Crippen LogP contribution < -0.4 is 0 Å². The monoisotopic (exact) mass is 554 g/mol. The van der Waals surface area contributed by atoms with Gasteiger partial charge in [0.25, 0.3) is 5.91 Å². The highest BCUT2D eigenvalue weighted by atomic mass is 19.1. The molecule has 1 saturated carbocycles. The summed E-state index contributed by atoms with van der Waals surface area (Å²) in [6.07, 6.45) is 10.1. The molecule has 0 N–H and O–H groups in total. The molecule has 6 rings (SSSR count). The van der Waals surface area contributed by atoms with E-state index in [1.165, 1.54) is 12.0 Å². The molecular weight excluding hydrogens is 511 g/mol. The lowest BCUT2D eigenvalue weighted by Crippen LogP contribution is -2.43. The summed E-state index contributed by atoms with van der Waals surface area (Å²) in [6.45, 7) is 8.22. The molecule has 2 aromatic carbocycles. The highest BCUT2D eigenvalue weighted by molar-refractivity contribution is 6.06. The van der Waals surface area contributed by atoms with Crippen LogP contribution in [0.1, 0.15) is 88.3 Å². The number of amides is 1. The predicted molar refractivity (Wildman–Crippen MR) is 164 cm³/mol. The number of hydrogen-bond acceptors (Lipinski definition) is 3. The third-order valence-electron chi connectivity index (χ3n) is 9.88. The number of piperidine rings is 1. The fraction of sp³-hybridized carbons (Fsp3) is 0.514. The summed E-state index contributed by atoms with van der Waals surface area (Å²) in [6, 6.07) is 12.1. The van der Waals surface area contributed by atoms with Crippen LogP contribution in [-0.2, 0) is 18.3 Å². The maximum atomic E-state index is 15.1. The number of nitrogens with zero attached hydrogens (tertiary/aromatic N) is 4. The molecule has 1 amide bonds. The van der Waals surface area contributed by atoms with Crippen LogP contribution in [0.15, 0.2) is 58.9 Å². The van der Waals surface area contributed by atoms with Crippen molar-refractivity contribution in [3.05, 3.63) is 76.4 Å². The number of hydrogen-bond donors (Lipinski definition) is 0. The normalized spacial score (nSPS) is 22.3. The third kappa shape index (κ3) is 5.89. The molecule has 2 fully saturated rings. The van der Waals surface area contributed by atoms with Crippen molar-refractivity contribution in [1.82, 2.24) is 14.7 Å². The van der Waals surface area contributed by atoms with Gasteiger partial charge in [-0.1, -0.05) is 38.5 Å². The van der Waals surface area contributed by atoms with Gasteiger partial charge >= 0.3 is 0 Å². The van der Waals surface area contributed by atoms with Crippen LogP contribution in [0.2, 0.25) is 0 Å². The van der Waals surface area contributed by atoms with Gasteiger partial charge in [0.2, 0.25) is 0 Å². The van der Waals surface area contributed by atoms with Gasteiger partial charge in [0.1, 0.15) is 11.5 Å². The van der Waals surface area contributed by atoms with Gasteiger partial charge in [-0.25, -0.2) is 9.38 Å². The van der Waals surface area contributed by atoms with Crippen LogP contribution in [0, 0.1) is 23.6 Å². The Hall–Kier alpha value is -3.28. The van der Waals surface area contributed by atoms with Crippen molar-refractivity contribution in [2.24, 2.45) is 29.8 Å². The Morgan fingerprint density at radius 3 is 2.73 bits per heavy atom. The van der Waals surface area contributed by atoms with Crippen LogP contribution in [0.25, 0.3) is 10.9 Å². The zero-order valence-electron chi connectivity index (χ0n) is 25.0. The average molecular weight is 555 g/mol. The van der Waals surface area contributed by atoms with E-state index in [0.29, 0.717) is 23.5 Å². The highest BCUT2D eigenvalue weighted by Crippen LogP contribution is 2.42. The fourth-order valence-corrected chi connectivity index (χ4v) is 6.84. The van der Waals surface area contributed by atoms with E-state index >= 15 is 4.39 Å². The molecule has 2 unspecified atom stereocenters. The molecule has 0 radical (unpaired) electrons. The molecular formula is C35H43FN4O. The number of fused-ring (bicyclic) bond motifs is 1. The lowest BCUT2D eigenvalue weighted by atomic mass is 9.82. The Morgan fingerprint density at radius 2 is 1.98 bits per heavy atom. The fourth-order valence-electron chi connectivity index (χ4n) is 6.84. The molecule has 1 aliphatic carbocycles. The van der Waals surface area contributed by atoms with Gasteiger partial charge in [-0.3, -0.25) is 9.48 Å². The molecule has 5 nitrogen and oxygen atoms in total. The lowest BCUT2D eigenvalue weighted by Gasteiger charge is -2.36. The van der Waals surface area contributed by atoms with Crippen LogP contribution in [0.3, 0.4) is 0 Å². The van der Waals surface area contributed by atoms with Gasteiger partial charge in [-0.15, -0.1) is 0 Å². The first-order chi connectivity index (χ1) is 19.8. The minimum Gasteiger partial charge on any atom is -0.337 e. The Kier molecular flexibility index (Phi) is 7.84. The van der Waals surface area contributed by atoms with Gasteiger partial charge < -0.3 is 4.90 Å². The number of allylic oxidation sites excluding steroid dienone is 1. The molecule has 1 aromatic heterocycles. The summed E-state index contributed by atoms with van der Waals surface area (Å²) in [5.41, 5.74) is 6.38. The van der Waals surface area contributed by atoms with E-state index in [4.69, 9.17) is 4.99 Å². The standard InChI is InChI=1S/C35H43FN4O/c1-5-22(2)28-7-6-16-40(21-28)35(41)34-23(3)26(10-8-24-9-15-32-29(17-24)20-39(4)38-32)19-33(37-34)27-13-14-30(25-11-12-25)31(36)18-27/h9,13-15,17-18,20,22,25-26,28H,5-8,10-12,16,19,21H2,1-4H3/t22?,26?,28-/m0/s1. The molecule has 0 spiro atoms. The largest absolute Gasteiger partial charge is 0.337 e. The maximum Gasteiger partial charge on any atom is 0.272 e. The maximum absolute atomic E-state index is 15.1. The molecule has 216 valence electrons. The van der Waals surface area contributed by atoms with E-state index in [1.54, 1.807) is 6.07 Å². The summed E-state index contributed by atoms with van der Waals surface area (Å²) in [5.74, 6) is 1.58. The summed E-state index contributed by atoms with van der Waals surface area (Å²) in [7, 11) is 1.95. The first-order valence-electron chi connectivity index (χ1n) is 15.6. The number of aromatic nitrogens is 2. The number of aliphatic imine (C=N–C) groups is 1. The predicted octanol–water partition coefficient (Wildman–Crippen LogP) is 7.59. The molecule has 6 heteroatoms. The number of benzene rings is 2. The first-order valence-corrected chi connectivity index (χ1v) is 15.6. The van der Waals surface area contributed by atoms with Crippen LogP contribution in [0.4, 0.5) is 4.39 Å². The summed E-state index contributed by atoms with van der Waals surface area (Å²) in [5, 5.41) is 5.65. The smallest absolute Gasteiger partial charge is 0.272 e. The Labute approximate surface area is 243 Å². The van der Waals surface area contributed by atoms with Crippen LogP contribution in [-0.4, -0.2) is 39.4 Å². The number of rotatable bonds is 8. The number of carbonyl (C=O) groups is 1. The number of halogens is 1. The number of likely N-dealkylation sites (tertiary alicyclic amines) is 1. The zero-order valence-corrected chi connectivity index (χ0v) is 25.0. The SMILES string of the molecule is CCC(C)[C@H]1CCCN(C(=O)C2=C(C)C(CCc3ccc4nn(C)cc4c3)CC(c3ccc(C4CC4)c(F)c3)=N2)C1. The molecule has 2 aliphatic heterocycles. The van der Waals surface area contributed by atoms with Crippen molar-refractivity contribution in [3.8, 4) is 0 Å². The second-order valence-corrected chi connectivity index (χ2v) is 12.8. The summed E-state index contributed by atoms with van der Waals surface area (Å²) in [4.78, 5) is 21.1. The molecule has 0 bridgehead atoms. The van der Waals surface area contributed by atoms with E-state index in [1.807, 2.05) is 28.8 Å². The average Bonchev–Trinajstić information content (AvgIpc) is 3.75. The van der Waals surface area contributed by atoms with E-state index in [-0.39, 0.29) is 17.6 Å². The van der Waals surface area contributed by atoms with Crippen molar-refractivity contribution in [2.45, 2.75) is 78.1 Å². The Bertz CT molecular complexity index is 1510. The van der Waals surface area contributed by atoms with Crippen molar-refractivity contribution < 1.29 is 9.18 Å². The van der Waals surface area contributed by atoms with Crippen LogP contribution >= 0.6 is 0 Å². The number of carbonyl (C=O) groups excluding carboxylic acids is 1. The van der Waals surface area contributed by atoms with Gasteiger partial charge in [0.15, 0.2) is 0 Å². The van der Waals surface area contributed by atoms with Gasteiger partial charge in [-0.05, 0) is 116 Å². The second kappa shape index (κ2) is 11.5. The minimum absolute atomic E-state index is 0.0459. The number of aryl methyl sites for hydroxylation is 2. The van der Waals surface area contributed by atoms with Crippen molar-refractivity contribution in [3.63, 3.8) is 0 Å². The molecule has 41 heavy (non-hydrogen) atoms. The van der Waals surface area contributed by atoms with Gasteiger partial charge in [0, 0.05) is 37.4 Å². The van der Waals surface area contributed by atoms with Crippen molar-refractivity contribution >= 4 is 22.5 Å². The third-order valence-corrected chi connectivity index (χ3v) is 9.88. The second-order valence-electron chi connectivity index (χ2n) is 12.8. The van der Waals surface area contributed by atoms with Crippen molar-refractivity contribution in [2.75, 3.05) is 13.1 Å². The molecule has 3 heterocycles. The zero-order chi connectivity index (χ0) is 28.7. The highest BCUT2D eigenvalue weighted by Gasteiger charge is 2.33. The van der Waals surface area contributed by atoms with Gasteiger partial charge in [0.05, 0.1) is 5.52 Å². The van der Waals surface area contributed by atoms with Gasteiger partial charge in [-0.2, -0.15) is 5.10 Å². The van der Waals surface area contributed by atoms with E-state index in [0.717, 1.165) is 91.3 Å². The van der Waals surface area contributed by atoms with Crippen molar-refractivity contribution in [1.29, 1.82) is 0 Å². The molecule has 3 aliphatic rings. The molecule has 1 saturated heterocycles. The van der Waals surface area contributed by atoms with E-state index in [2.05, 4.69) is 50.3 Å². The summed E-state index contributed by atoms with van der Waals surface area (Å²) < 4.78 is 17.0. The lowest BCUT2D eigenvalue weighted by molar-refractivity contribution is -0.129. The minimum atomic E-state index is -0.138. The molecule has 3 aromatic rings. The summed E-state index contributed by atoms with van der Waals surface area (Å²) >= 11 is 0. The molecule has 3 atom stereocenters. The Balaban J connectivity index is 1.28. The quantitative estimate of drug-likeness (QED) is 0.288. The van der Waals surface area contributed by atoms with E-state index in [9.17, 15) is 4.79 Å². The van der Waals surface area contributed by atoms with Crippen LogP contribution in [0.5, 0.6) is 0 Å². The topological polar surface area (TPSA) is 50.5 Å².